The third-order valence-electron chi connectivity index (χ3n) is 13.7. The molecule has 2 heteroatoms. The molecule has 0 aromatic carbocycles. The van der Waals surface area contributed by atoms with Gasteiger partial charge in [0.15, 0.2) is 0 Å². The van der Waals surface area contributed by atoms with Crippen LogP contribution in [0.2, 0.25) is 0 Å². The largest absolute Gasteiger partial charge is 0.393 e. The Morgan fingerprint density at radius 1 is 0.758 bits per heavy atom. The van der Waals surface area contributed by atoms with Crippen LogP contribution in [0.4, 0.5) is 0 Å². The van der Waals surface area contributed by atoms with Crippen LogP contribution in [-0.2, 0) is 0 Å². The number of allylic oxidation sites excluding steroid dienone is 1. The number of fused-ring (bicyclic) bond motifs is 7. The maximum Gasteiger partial charge on any atom is 0.0594 e. The van der Waals surface area contributed by atoms with Crippen molar-refractivity contribution in [1.82, 2.24) is 0 Å². The summed E-state index contributed by atoms with van der Waals surface area (Å²) in [6.07, 6.45) is 13.6. The van der Waals surface area contributed by atoms with Gasteiger partial charge in [-0.1, -0.05) is 54.5 Å². The molecule has 0 amide bonds. The molecular formula is C31H52O2. The highest BCUT2D eigenvalue weighted by Gasteiger charge is 2.71. The van der Waals surface area contributed by atoms with E-state index >= 15 is 0 Å². The molecule has 0 aromatic heterocycles. The van der Waals surface area contributed by atoms with Crippen LogP contribution in [0.25, 0.3) is 0 Å². The van der Waals surface area contributed by atoms with Gasteiger partial charge in [-0.2, -0.15) is 0 Å². The summed E-state index contributed by atoms with van der Waals surface area (Å²) in [5.74, 6) is 2.02. The van der Waals surface area contributed by atoms with Crippen molar-refractivity contribution in [1.29, 1.82) is 0 Å². The Labute approximate surface area is 204 Å². The first-order chi connectivity index (χ1) is 15.2. The van der Waals surface area contributed by atoms with Crippen LogP contribution in [0.15, 0.2) is 12.7 Å². The normalized spacial score (nSPS) is 57.1. The molecule has 0 spiro atoms. The third kappa shape index (κ3) is 2.98. The van der Waals surface area contributed by atoms with Gasteiger partial charge in [0, 0.05) is 0 Å². The molecule has 0 aromatic rings. The average Bonchev–Trinajstić information content (AvgIpc) is 2.72. The second-order valence-corrected chi connectivity index (χ2v) is 15.6. The van der Waals surface area contributed by atoms with Crippen molar-refractivity contribution >= 4 is 0 Å². The molecule has 0 saturated heterocycles. The lowest BCUT2D eigenvalue weighted by molar-refractivity contribution is -0.274. The van der Waals surface area contributed by atoms with E-state index in [-0.39, 0.29) is 39.3 Å². The van der Waals surface area contributed by atoms with E-state index in [2.05, 4.69) is 61.1 Å². The Balaban J connectivity index is 1.58. The predicted molar refractivity (Wildman–Crippen MR) is 137 cm³/mol. The quantitative estimate of drug-likeness (QED) is 0.404. The average molecular weight is 457 g/mol. The summed E-state index contributed by atoms with van der Waals surface area (Å²) >= 11 is 0. The predicted octanol–water partition coefficient (Wildman–Crippen LogP) is 7.39. The first kappa shape index (κ1) is 24.4. The van der Waals surface area contributed by atoms with Crippen molar-refractivity contribution in [2.75, 3.05) is 0 Å². The lowest BCUT2D eigenvalue weighted by atomic mass is 9.31. The minimum atomic E-state index is -0.211. The standard InChI is InChI=1S/C31H52O2/c1-9-31-16-14-26(2,3)19-20(31)25-21(32)18-23-28(6)12-11-24(33)27(4,5)22(28)10-13-29(23,7)30(25,8)15-17-31/h9,20-25,32-33H,1,10-19H2,2-8H3/t20-,21+,22-,23+,24-,25-,28-,29+,30+,31+/m0/s1. The second kappa shape index (κ2) is 7.12. The first-order valence-corrected chi connectivity index (χ1v) is 14.2. The van der Waals surface area contributed by atoms with E-state index in [4.69, 9.17) is 0 Å². The van der Waals surface area contributed by atoms with Gasteiger partial charge in [-0.05, 0) is 120 Å². The smallest absolute Gasteiger partial charge is 0.0594 e. The number of hydrogen-bond acceptors (Lipinski definition) is 2. The Hall–Kier alpha value is -0.340. The van der Waals surface area contributed by atoms with Crippen molar-refractivity contribution in [3.63, 3.8) is 0 Å². The summed E-state index contributed by atoms with van der Waals surface area (Å²) in [4.78, 5) is 0. The van der Waals surface area contributed by atoms with E-state index < -0.39 is 0 Å². The summed E-state index contributed by atoms with van der Waals surface area (Å²) in [6, 6.07) is 0. The topological polar surface area (TPSA) is 40.5 Å². The molecule has 0 heterocycles. The molecule has 5 aliphatic carbocycles. The minimum absolute atomic E-state index is 0.0327. The molecule has 188 valence electrons. The molecule has 5 saturated carbocycles. The van der Waals surface area contributed by atoms with E-state index in [1.807, 2.05) is 0 Å². The van der Waals surface area contributed by atoms with Crippen molar-refractivity contribution in [2.24, 2.45) is 56.2 Å². The third-order valence-corrected chi connectivity index (χ3v) is 13.7. The second-order valence-electron chi connectivity index (χ2n) is 15.6. The molecule has 33 heavy (non-hydrogen) atoms. The van der Waals surface area contributed by atoms with Gasteiger partial charge < -0.3 is 10.2 Å². The van der Waals surface area contributed by atoms with Crippen LogP contribution in [0, 0.1) is 56.2 Å². The van der Waals surface area contributed by atoms with Crippen LogP contribution in [0.1, 0.15) is 113 Å². The van der Waals surface area contributed by atoms with E-state index in [0.29, 0.717) is 29.1 Å². The molecule has 5 rings (SSSR count). The Bertz CT molecular complexity index is 814. The maximum atomic E-state index is 12.0. The molecule has 2 nitrogen and oxygen atoms in total. The van der Waals surface area contributed by atoms with Crippen molar-refractivity contribution in [2.45, 2.75) is 125 Å². The molecule has 5 fully saturated rings. The van der Waals surface area contributed by atoms with Crippen molar-refractivity contribution < 1.29 is 10.2 Å². The Morgan fingerprint density at radius 3 is 2.09 bits per heavy atom. The molecular weight excluding hydrogens is 404 g/mol. The highest BCUT2D eigenvalue weighted by atomic mass is 16.3. The summed E-state index contributed by atoms with van der Waals surface area (Å²) in [5, 5.41) is 23.0. The summed E-state index contributed by atoms with van der Waals surface area (Å²) in [6.45, 7) is 21.7. The molecule has 0 aliphatic heterocycles. The number of rotatable bonds is 1. The number of aliphatic hydroxyl groups excluding tert-OH is 2. The zero-order valence-corrected chi connectivity index (χ0v) is 22.7. The lowest BCUT2D eigenvalue weighted by Crippen LogP contribution is -2.69. The van der Waals surface area contributed by atoms with Crippen LogP contribution in [0.5, 0.6) is 0 Å². The SMILES string of the molecule is C=C[C@]12CCC(C)(C)C[C@H]1[C@H]1[C@H](O)C[C@@H]3[C@@]4(C)CC[C@H](O)C(C)(C)[C@@H]4CC[C@@]3(C)[C@]1(C)CC2. The van der Waals surface area contributed by atoms with E-state index in [9.17, 15) is 10.2 Å². The van der Waals surface area contributed by atoms with Gasteiger partial charge in [-0.3, -0.25) is 0 Å². The fourth-order valence-electron chi connectivity index (χ4n) is 11.4. The lowest BCUT2D eigenvalue weighted by Gasteiger charge is -2.74. The minimum Gasteiger partial charge on any atom is -0.393 e. The van der Waals surface area contributed by atoms with Crippen molar-refractivity contribution in [3.8, 4) is 0 Å². The van der Waals surface area contributed by atoms with E-state index in [0.717, 1.165) is 19.3 Å². The van der Waals surface area contributed by atoms with Crippen LogP contribution >= 0.6 is 0 Å². The van der Waals surface area contributed by atoms with Gasteiger partial charge in [-0.15, -0.1) is 6.58 Å². The molecule has 0 radical (unpaired) electrons. The number of aliphatic hydroxyl groups is 2. The first-order valence-electron chi connectivity index (χ1n) is 14.2. The van der Waals surface area contributed by atoms with Gasteiger partial charge in [0.2, 0.25) is 0 Å². The zero-order valence-electron chi connectivity index (χ0n) is 22.7. The maximum absolute atomic E-state index is 12.0. The molecule has 0 bridgehead atoms. The highest BCUT2D eigenvalue weighted by Crippen LogP contribution is 2.77. The van der Waals surface area contributed by atoms with E-state index in [1.165, 1.54) is 44.9 Å². The summed E-state index contributed by atoms with van der Waals surface area (Å²) in [7, 11) is 0. The highest BCUT2D eigenvalue weighted by molar-refractivity contribution is 5.22. The van der Waals surface area contributed by atoms with Crippen molar-refractivity contribution in [3.05, 3.63) is 12.7 Å². The summed E-state index contributed by atoms with van der Waals surface area (Å²) < 4.78 is 0. The van der Waals surface area contributed by atoms with Crippen LogP contribution in [-0.4, -0.2) is 22.4 Å². The monoisotopic (exact) mass is 456 g/mol. The zero-order chi connectivity index (χ0) is 24.2. The fraction of sp³-hybridized carbons (Fsp3) is 0.935. The van der Waals surface area contributed by atoms with Crippen LogP contribution in [0.3, 0.4) is 0 Å². The van der Waals surface area contributed by atoms with Gasteiger partial charge in [0.1, 0.15) is 0 Å². The molecule has 5 aliphatic rings. The molecule has 0 unspecified atom stereocenters. The number of hydrogen-bond donors (Lipinski definition) is 2. The Morgan fingerprint density at radius 2 is 1.42 bits per heavy atom. The summed E-state index contributed by atoms with van der Waals surface area (Å²) in [5.41, 5.74) is 1.20. The van der Waals surface area contributed by atoms with Gasteiger partial charge in [-0.25, -0.2) is 0 Å². The van der Waals surface area contributed by atoms with Crippen LogP contribution < -0.4 is 0 Å². The van der Waals surface area contributed by atoms with Gasteiger partial charge in [0.25, 0.3) is 0 Å². The van der Waals surface area contributed by atoms with Gasteiger partial charge in [0.05, 0.1) is 12.2 Å². The fourth-order valence-corrected chi connectivity index (χ4v) is 11.4. The molecule has 2 N–H and O–H groups in total. The van der Waals surface area contributed by atoms with E-state index in [1.54, 1.807) is 0 Å². The Kier molecular flexibility index (Phi) is 5.25. The molecule has 10 atom stereocenters. The van der Waals surface area contributed by atoms with Gasteiger partial charge >= 0.3 is 0 Å².